The van der Waals surface area contributed by atoms with Crippen LogP contribution in [0.5, 0.6) is 11.5 Å². The number of hydrogen-bond acceptors (Lipinski definition) is 4. The number of piperidine rings is 1. The van der Waals surface area contributed by atoms with Crippen molar-refractivity contribution in [1.82, 2.24) is 4.90 Å². The molecule has 26 heavy (non-hydrogen) atoms. The maximum Gasteiger partial charge on any atom is 0.238 e. The van der Waals surface area contributed by atoms with E-state index in [1.54, 1.807) is 0 Å². The second-order valence-electron chi connectivity index (χ2n) is 7.30. The van der Waals surface area contributed by atoms with Crippen molar-refractivity contribution in [3.63, 3.8) is 0 Å². The van der Waals surface area contributed by atoms with Gasteiger partial charge in [0.25, 0.3) is 0 Å². The monoisotopic (exact) mass is 360 g/mol. The van der Waals surface area contributed by atoms with Gasteiger partial charge in [0.1, 0.15) is 11.5 Å². The molecule has 0 radical (unpaired) electrons. The SMILES string of the molecule is CCOc1ccc(OCC)c(NC(=O)CN2CCC[C@H]3CCCC[C@H]32)c1. The summed E-state index contributed by atoms with van der Waals surface area (Å²) in [7, 11) is 0. The first-order chi connectivity index (χ1) is 12.7. The zero-order valence-electron chi connectivity index (χ0n) is 16.1. The van der Waals surface area contributed by atoms with Gasteiger partial charge in [-0.05, 0) is 64.1 Å². The van der Waals surface area contributed by atoms with E-state index in [-0.39, 0.29) is 5.91 Å². The predicted octanol–water partition coefficient (Wildman–Crippen LogP) is 4.08. The van der Waals surface area contributed by atoms with Gasteiger partial charge in [-0.2, -0.15) is 0 Å². The molecule has 1 aliphatic carbocycles. The second-order valence-corrected chi connectivity index (χ2v) is 7.30. The van der Waals surface area contributed by atoms with E-state index >= 15 is 0 Å². The van der Waals surface area contributed by atoms with Gasteiger partial charge in [0.05, 0.1) is 25.4 Å². The number of hydrogen-bond donors (Lipinski definition) is 1. The van der Waals surface area contributed by atoms with Gasteiger partial charge < -0.3 is 14.8 Å². The van der Waals surface area contributed by atoms with Crippen molar-refractivity contribution in [3.8, 4) is 11.5 Å². The lowest BCUT2D eigenvalue weighted by atomic mass is 9.78. The van der Waals surface area contributed by atoms with Gasteiger partial charge in [-0.3, -0.25) is 9.69 Å². The van der Waals surface area contributed by atoms with Crippen LogP contribution in [0, 0.1) is 5.92 Å². The Morgan fingerprint density at radius 2 is 1.88 bits per heavy atom. The van der Waals surface area contributed by atoms with E-state index in [0.717, 1.165) is 18.2 Å². The molecule has 1 aromatic carbocycles. The van der Waals surface area contributed by atoms with E-state index in [9.17, 15) is 4.79 Å². The lowest BCUT2D eigenvalue weighted by molar-refractivity contribution is -0.118. The van der Waals surface area contributed by atoms with Crippen molar-refractivity contribution in [1.29, 1.82) is 0 Å². The summed E-state index contributed by atoms with van der Waals surface area (Å²) in [6, 6.07) is 6.18. The van der Waals surface area contributed by atoms with E-state index in [1.807, 2.05) is 32.0 Å². The second kappa shape index (κ2) is 9.26. The third-order valence-corrected chi connectivity index (χ3v) is 5.54. The van der Waals surface area contributed by atoms with E-state index in [2.05, 4.69) is 10.2 Å². The van der Waals surface area contributed by atoms with E-state index in [0.29, 0.717) is 37.2 Å². The van der Waals surface area contributed by atoms with E-state index < -0.39 is 0 Å². The molecule has 1 saturated heterocycles. The number of carbonyl (C=O) groups is 1. The highest BCUT2D eigenvalue weighted by Crippen LogP contribution is 2.35. The summed E-state index contributed by atoms with van der Waals surface area (Å²) in [5.41, 5.74) is 0.694. The molecule has 0 spiro atoms. The quantitative estimate of drug-likeness (QED) is 0.796. The molecule has 0 bridgehead atoms. The maximum atomic E-state index is 12.7. The van der Waals surface area contributed by atoms with Crippen LogP contribution in [0.4, 0.5) is 5.69 Å². The van der Waals surface area contributed by atoms with Crippen LogP contribution in [0.1, 0.15) is 52.4 Å². The first kappa shape index (κ1) is 19.0. The number of anilines is 1. The molecule has 5 nitrogen and oxygen atoms in total. The average Bonchev–Trinajstić information content (AvgIpc) is 2.64. The van der Waals surface area contributed by atoms with Gasteiger partial charge in [0.15, 0.2) is 0 Å². The summed E-state index contributed by atoms with van der Waals surface area (Å²) >= 11 is 0. The topological polar surface area (TPSA) is 50.8 Å². The highest BCUT2D eigenvalue weighted by atomic mass is 16.5. The fourth-order valence-electron chi connectivity index (χ4n) is 4.44. The summed E-state index contributed by atoms with van der Waals surface area (Å²) in [5.74, 6) is 2.26. The predicted molar refractivity (Wildman–Crippen MR) is 104 cm³/mol. The van der Waals surface area contributed by atoms with Gasteiger partial charge in [-0.15, -0.1) is 0 Å². The van der Waals surface area contributed by atoms with Crippen molar-refractivity contribution in [3.05, 3.63) is 18.2 Å². The number of amides is 1. The van der Waals surface area contributed by atoms with Crippen LogP contribution in [-0.4, -0.2) is 43.2 Å². The number of rotatable bonds is 7. The minimum absolute atomic E-state index is 0.0332. The fourth-order valence-corrected chi connectivity index (χ4v) is 4.44. The highest BCUT2D eigenvalue weighted by Gasteiger charge is 2.33. The molecule has 2 aliphatic rings. The molecule has 144 valence electrons. The van der Waals surface area contributed by atoms with E-state index in [1.165, 1.54) is 38.5 Å². The number of nitrogens with one attached hydrogen (secondary N) is 1. The summed E-state index contributed by atoms with van der Waals surface area (Å²) in [5, 5.41) is 3.05. The smallest absolute Gasteiger partial charge is 0.238 e. The van der Waals surface area contributed by atoms with Gasteiger partial charge in [0, 0.05) is 12.1 Å². The van der Waals surface area contributed by atoms with Crippen LogP contribution in [0.3, 0.4) is 0 Å². The molecule has 1 aromatic rings. The van der Waals surface area contributed by atoms with Crippen molar-refractivity contribution >= 4 is 11.6 Å². The Morgan fingerprint density at radius 1 is 1.12 bits per heavy atom. The summed E-state index contributed by atoms with van der Waals surface area (Å²) in [4.78, 5) is 15.1. The van der Waals surface area contributed by atoms with Gasteiger partial charge in [-0.1, -0.05) is 12.8 Å². The molecule has 0 unspecified atom stereocenters. The molecule has 0 aromatic heterocycles. The Kier molecular flexibility index (Phi) is 6.78. The third kappa shape index (κ3) is 4.70. The average molecular weight is 360 g/mol. The Morgan fingerprint density at radius 3 is 2.69 bits per heavy atom. The Balaban J connectivity index is 1.65. The molecular formula is C21H32N2O3. The number of likely N-dealkylation sites (tertiary alicyclic amines) is 1. The largest absolute Gasteiger partial charge is 0.494 e. The minimum atomic E-state index is 0.0332. The lowest BCUT2D eigenvalue weighted by Gasteiger charge is -2.43. The molecule has 2 atom stereocenters. The fraction of sp³-hybridized carbons (Fsp3) is 0.667. The van der Waals surface area contributed by atoms with Crippen molar-refractivity contribution < 1.29 is 14.3 Å². The number of ether oxygens (including phenoxy) is 2. The normalized spacial score (nSPS) is 23.2. The summed E-state index contributed by atoms with van der Waals surface area (Å²) < 4.78 is 11.2. The van der Waals surface area contributed by atoms with Crippen LogP contribution < -0.4 is 14.8 Å². The molecule has 1 aliphatic heterocycles. The van der Waals surface area contributed by atoms with Crippen LogP contribution in [0.25, 0.3) is 0 Å². The zero-order valence-corrected chi connectivity index (χ0v) is 16.1. The molecule has 1 heterocycles. The van der Waals surface area contributed by atoms with Crippen LogP contribution in [0.2, 0.25) is 0 Å². The number of carbonyl (C=O) groups excluding carboxylic acids is 1. The molecule has 5 heteroatoms. The van der Waals surface area contributed by atoms with E-state index in [4.69, 9.17) is 9.47 Å². The molecular weight excluding hydrogens is 328 g/mol. The maximum absolute atomic E-state index is 12.7. The van der Waals surface area contributed by atoms with Crippen molar-refractivity contribution in [2.75, 3.05) is 31.6 Å². The van der Waals surface area contributed by atoms with Gasteiger partial charge >= 0.3 is 0 Å². The molecule has 1 amide bonds. The Bertz CT molecular complexity index is 603. The molecule has 3 rings (SSSR count). The molecule has 2 fully saturated rings. The lowest BCUT2D eigenvalue weighted by Crippen LogP contribution is -2.49. The zero-order chi connectivity index (χ0) is 18.4. The Labute approximate surface area is 157 Å². The minimum Gasteiger partial charge on any atom is -0.494 e. The van der Waals surface area contributed by atoms with Crippen LogP contribution in [0.15, 0.2) is 18.2 Å². The van der Waals surface area contributed by atoms with Crippen LogP contribution >= 0.6 is 0 Å². The number of fused-ring (bicyclic) bond motifs is 1. The number of benzene rings is 1. The van der Waals surface area contributed by atoms with Crippen molar-refractivity contribution in [2.24, 2.45) is 5.92 Å². The van der Waals surface area contributed by atoms with Gasteiger partial charge in [0.2, 0.25) is 5.91 Å². The summed E-state index contributed by atoms with van der Waals surface area (Å²) in [6.45, 7) is 6.55. The Hall–Kier alpha value is -1.75. The number of nitrogens with zero attached hydrogens (tertiary/aromatic N) is 1. The first-order valence-corrected chi connectivity index (χ1v) is 10.1. The summed E-state index contributed by atoms with van der Waals surface area (Å²) in [6.07, 6.45) is 7.75. The molecule has 1 N–H and O–H groups in total. The standard InChI is InChI=1S/C21H32N2O3/c1-3-25-17-11-12-20(26-4-2)18(14-17)22-21(24)15-23-13-7-9-16-8-5-6-10-19(16)23/h11-12,14,16,19H,3-10,13,15H2,1-2H3,(H,22,24)/t16-,19-/m1/s1. The van der Waals surface area contributed by atoms with Crippen molar-refractivity contribution in [2.45, 2.75) is 58.4 Å². The first-order valence-electron chi connectivity index (χ1n) is 10.1. The highest BCUT2D eigenvalue weighted by molar-refractivity contribution is 5.94. The van der Waals surface area contributed by atoms with Gasteiger partial charge in [-0.25, -0.2) is 0 Å². The third-order valence-electron chi connectivity index (χ3n) is 5.54. The van der Waals surface area contributed by atoms with Crippen LogP contribution in [-0.2, 0) is 4.79 Å². The molecule has 1 saturated carbocycles.